The monoisotopic (exact) mass is 273 g/mol. The van der Waals surface area contributed by atoms with Crippen molar-refractivity contribution in [1.29, 1.82) is 0 Å². The molecule has 1 aromatic heterocycles. The summed E-state index contributed by atoms with van der Waals surface area (Å²) in [6, 6.07) is 16.5. The molecule has 1 heterocycles. The zero-order valence-corrected chi connectivity index (χ0v) is 12.3. The number of fused-ring (bicyclic) bond motifs is 5. The smallest absolute Gasteiger partial charge is 0.0494 e. The summed E-state index contributed by atoms with van der Waals surface area (Å²) in [6.07, 6.45) is 7.54. The molecular weight excluding hydrogens is 254 g/mol. The van der Waals surface area contributed by atoms with Gasteiger partial charge in [-0.25, -0.2) is 0 Å². The molecule has 3 unspecified atom stereocenters. The van der Waals surface area contributed by atoms with Crippen LogP contribution in [0.1, 0.15) is 24.4 Å². The SMILES string of the molecule is Cc1ccc2c(c1)c1ccccc1n2C1CC2C=CC1C2. The predicted molar refractivity (Wildman–Crippen MR) is 88.6 cm³/mol. The van der Waals surface area contributed by atoms with E-state index >= 15 is 0 Å². The summed E-state index contributed by atoms with van der Waals surface area (Å²) < 4.78 is 2.62. The first-order valence-corrected chi connectivity index (χ1v) is 7.99. The Labute approximate surface area is 124 Å². The van der Waals surface area contributed by atoms with Gasteiger partial charge in [-0.15, -0.1) is 0 Å². The summed E-state index contributed by atoms with van der Waals surface area (Å²) in [5, 5.41) is 2.82. The van der Waals surface area contributed by atoms with Crippen molar-refractivity contribution in [2.24, 2.45) is 11.8 Å². The Hall–Kier alpha value is -2.02. The van der Waals surface area contributed by atoms with Crippen molar-refractivity contribution < 1.29 is 0 Å². The number of hydrogen-bond donors (Lipinski definition) is 0. The van der Waals surface area contributed by atoms with Crippen molar-refractivity contribution in [3.05, 3.63) is 60.2 Å². The molecule has 0 saturated heterocycles. The van der Waals surface area contributed by atoms with E-state index in [0.29, 0.717) is 6.04 Å². The maximum absolute atomic E-state index is 2.62. The van der Waals surface area contributed by atoms with E-state index in [2.05, 4.69) is 66.1 Å². The molecule has 0 spiro atoms. The highest BCUT2D eigenvalue weighted by atomic mass is 15.0. The van der Waals surface area contributed by atoms with Gasteiger partial charge in [0.25, 0.3) is 0 Å². The summed E-state index contributed by atoms with van der Waals surface area (Å²) in [6.45, 7) is 2.19. The molecule has 1 heteroatoms. The van der Waals surface area contributed by atoms with Crippen LogP contribution in [0.5, 0.6) is 0 Å². The molecule has 2 aliphatic rings. The summed E-state index contributed by atoms with van der Waals surface area (Å²) in [5.74, 6) is 1.54. The molecule has 0 radical (unpaired) electrons. The molecule has 0 N–H and O–H groups in total. The lowest BCUT2D eigenvalue weighted by Crippen LogP contribution is -2.13. The first-order chi connectivity index (χ1) is 10.3. The second-order valence-electron chi connectivity index (χ2n) is 6.76. The molecule has 0 amide bonds. The lowest BCUT2D eigenvalue weighted by Gasteiger charge is -2.22. The molecule has 1 fully saturated rings. The van der Waals surface area contributed by atoms with E-state index in [9.17, 15) is 0 Å². The van der Waals surface area contributed by atoms with Crippen LogP contribution in [0.3, 0.4) is 0 Å². The minimum Gasteiger partial charge on any atom is -0.337 e. The average molecular weight is 273 g/mol. The lowest BCUT2D eigenvalue weighted by molar-refractivity contribution is 0.455. The van der Waals surface area contributed by atoms with Crippen molar-refractivity contribution in [1.82, 2.24) is 4.57 Å². The van der Waals surface area contributed by atoms with Crippen LogP contribution in [-0.2, 0) is 0 Å². The number of rotatable bonds is 1. The molecule has 104 valence electrons. The Bertz CT molecular complexity index is 883. The van der Waals surface area contributed by atoms with E-state index in [1.165, 1.54) is 40.2 Å². The quantitative estimate of drug-likeness (QED) is 0.534. The van der Waals surface area contributed by atoms with Gasteiger partial charge in [0.15, 0.2) is 0 Å². The van der Waals surface area contributed by atoms with Crippen molar-refractivity contribution in [3.63, 3.8) is 0 Å². The number of allylic oxidation sites excluding steroid dienone is 2. The minimum absolute atomic E-state index is 0.644. The molecule has 5 rings (SSSR count). The van der Waals surface area contributed by atoms with Crippen molar-refractivity contribution in [3.8, 4) is 0 Å². The Morgan fingerprint density at radius 1 is 0.905 bits per heavy atom. The first-order valence-electron chi connectivity index (χ1n) is 7.99. The molecule has 2 aliphatic carbocycles. The van der Waals surface area contributed by atoms with E-state index in [1.807, 2.05) is 0 Å². The number of nitrogens with zero attached hydrogens (tertiary/aromatic N) is 1. The topological polar surface area (TPSA) is 4.93 Å². The predicted octanol–water partition coefficient (Wildman–Crippen LogP) is 5.24. The van der Waals surface area contributed by atoms with Gasteiger partial charge in [0.1, 0.15) is 0 Å². The number of para-hydroxylation sites is 1. The highest BCUT2D eigenvalue weighted by Crippen LogP contribution is 2.48. The maximum Gasteiger partial charge on any atom is 0.0494 e. The molecule has 21 heavy (non-hydrogen) atoms. The van der Waals surface area contributed by atoms with Crippen LogP contribution in [0, 0.1) is 18.8 Å². The minimum atomic E-state index is 0.644. The number of benzene rings is 2. The van der Waals surface area contributed by atoms with Gasteiger partial charge in [-0.05, 0) is 49.8 Å². The van der Waals surface area contributed by atoms with Gasteiger partial charge < -0.3 is 4.57 Å². The molecule has 1 nitrogen and oxygen atoms in total. The second-order valence-corrected chi connectivity index (χ2v) is 6.76. The summed E-state index contributed by atoms with van der Waals surface area (Å²) >= 11 is 0. The van der Waals surface area contributed by atoms with E-state index in [4.69, 9.17) is 0 Å². The molecule has 2 aromatic carbocycles. The van der Waals surface area contributed by atoms with Gasteiger partial charge >= 0.3 is 0 Å². The van der Waals surface area contributed by atoms with E-state index < -0.39 is 0 Å². The Kier molecular flexibility index (Phi) is 2.22. The molecule has 0 aliphatic heterocycles. The van der Waals surface area contributed by atoms with Crippen LogP contribution in [0.2, 0.25) is 0 Å². The van der Waals surface area contributed by atoms with Gasteiger partial charge in [0.05, 0.1) is 0 Å². The highest BCUT2D eigenvalue weighted by molar-refractivity contribution is 6.08. The first kappa shape index (κ1) is 11.6. The molecular formula is C20H19N. The molecule has 3 aromatic rings. The fraction of sp³-hybridized carbons (Fsp3) is 0.300. The number of aryl methyl sites for hydroxylation is 1. The van der Waals surface area contributed by atoms with Crippen LogP contribution < -0.4 is 0 Å². The largest absolute Gasteiger partial charge is 0.337 e. The van der Waals surface area contributed by atoms with Crippen LogP contribution in [0.25, 0.3) is 21.8 Å². The second kappa shape index (κ2) is 4.00. The van der Waals surface area contributed by atoms with Gasteiger partial charge in [-0.2, -0.15) is 0 Å². The lowest BCUT2D eigenvalue weighted by atomic mass is 10.0. The van der Waals surface area contributed by atoms with Crippen LogP contribution in [-0.4, -0.2) is 4.57 Å². The zero-order chi connectivity index (χ0) is 14.0. The summed E-state index contributed by atoms with van der Waals surface area (Å²) in [5.41, 5.74) is 4.16. The molecule has 3 atom stereocenters. The zero-order valence-electron chi connectivity index (χ0n) is 12.3. The summed E-state index contributed by atoms with van der Waals surface area (Å²) in [4.78, 5) is 0. The van der Waals surface area contributed by atoms with Crippen LogP contribution in [0.4, 0.5) is 0 Å². The Morgan fingerprint density at radius 3 is 2.57 bits per heavy atom. The summed E-state index contributed by atoms with van der Waals surface area (Å²) in [7, 11) is 0. The highest BCUT2D eigenvalue weighted by Gasteiger charge is 2.37. The van der Waals surface area contributed by atoms with Crippen molar-refractivity contribution in [2.75, 3.05) is 0 Å². The normalized spacial score (nSPS) is 27.2. The van der Waals surface area contributed by atoms with E-state index in [-0.39, 0.29) is 0 Å². The third-order valence-corrected chi connectivity index (χ3v) is 5.44. The molecule has 2 bridgehead atoms. The van der Waals surface area contributed by atoms with Crippen molar-refractivity contribution in [2.45, 2.75) is 25.8 Å². The fourth-order valence-corrected chi connectivity index (χ4v) is 4.52. The van der Waals surface area contributed by atoms with Crippen LogP contribution in [0.15, 0.2) is 54.6 Å². The van der Waals surface area contributed by atoms with Gasteiger partial charge in [0, 0.05) is 27.8 Å². The maximum atomic E-state index is 2.62. The third kappa shape index (κ3) is 1.52. The van der Waals surface area contributed by atoms with E-state index in [0.717, 1.165) is 11.8 Å². The fourth-order valence-electron chi connectivity index (χ4n) is 4.52. The van der Waals surface area contributed by atoms with Gasteiger partial charge in [-0.1, -0.05) is 42.0 Å². The Morgan fingerprint density at radius 2 is 1.76 bits per heavy atom. The molecule has 1 saturated carbocycles. The number of hydrogen-bond acceptors (Lipinski definition) is 0. The van der Waals surface area contributed by atoms with Crippen molar-refractivity contribution >= 4 is 21.8 Å². The third-order valence-electron chi connectivity index (χ3n) is 5.44. The number of aromatic nitrogens is 1. The standard InChI is InChI=1S/C20H19N/c1-13-6-9-19-17(10-13)16-4-2-3-5-18(16)21(19)20-12-14-7-8-15(20)11-14/h2-10,14-15,20H,11-12H2,1H3. The van der Waals surface area contributed by atoms with Gasteiger partial charge in [-0.3, -0.25) is 0 Å². The van der Waals surface area contributed by atoms with Crippen LogP contribution >= 0.6 is 0 Å². The average Bonchev–Trinajstić information content (AvgIpc) is 3.19. The van der Waals surface area contributed by atoms with Gasteiger partial charge in [0.2, 0.25) is 0 Å². The van der Waals surface area contributed by atoms with E-state index in [1.54, 1.807) is 0 Å². The Balaban J connectivity index is 1.86.